The van der Waals surface area contributed by atoms with Gasteiger partial charge in [0.25, 0.3) is 0 Å². The molecule has 6 nitrogen and oxygen atoms in total. The van der Waals surface area contributed by atoms with Gasteiger partial charge >= 0.3 is 0 Å². The zero-order valence-corrected chi connectivity index (χ0v) is 13.8. The number of hydrogen-bond donors (Lipinski definition) is 0. The molecule has 0 amide bonds. The predicted molar refractivity (Wildman–Crippen MR) is 84.6 cm³/mol. The quantitative estimate of drug-likeness (QED) is 0.796. The molecule has 3 aliphatic heterocycles. The lowest BCUT2D eigenvalue weighted by atomic mass is 10.0. The van der Waals surface area contributed by atoms with Gasteiger partial charge in [-0.15, -0.1) is 0 Å². The van der Waals surface area contributed by atoms with Crippen LogP contribution in [0.2, 0.25) is 0 Å². The lowest BCUT2D eigenvalue weighted by molar-refractivity contribution is 0.0308. The van der Waals surface area contributed by atoms with Crippen LogP contribution in [0.5, 0.6) is 11.5 Å². The van der Waals surface area contributed by atoms with Gasteiger partial charge in [0, 0.05) is 31.3 Å². The highest BCUT2D eigenvalue weighted by atomic mass is 32.2. The minimum absolute atomic E-state index is 0.0304. The second-order valence-corrected chi connectivity index (χ2v) is 8.59. The summed E-state index contributed by atoms with van der Waals surface area (Å²) in [7, 11) is -3.05. The van der Waals surface area contributed by atoms with Gasteiger partial charge in [0.15, 0.2) is 21.3 Å². The minimum Gasteiger partial charge on any atom is -0.486 e. The van der Waals surface area contributed by atoms with Gasteiger partial charge in [-0.1, -0.05) is 12.1 Å². The Balaban J connectivity index is 1.59. The molecule has 1 aromatic rings. The maximum atomic E-state index is 12.3. The third-order valence-corrected chi connectivity index (χ3v) is 7.01. The predicted octanol–water partition coefficient (Wildman–Crippen LogP) is 0.846. The molecule has 0 spiro atoms. The van der Waals surface area contributed by atoms with Gasteiger partial charge in [0.1, 0.15) is 18.5 Å². The van der Waals surface area contributed by atoms with Crippen LogP contribution in [0, 0.1) is 0 Å². The average Bonchev–Trinajstić information content (AvgIpc) is 2.58. The molecule has 126 valence electrons. The zero-order chi connectivity index (χ0) is 15.9. The van der Waals surface area contributed by atoms with E-state index in [-0.39, 0.29) is 11.8 Å². The summed E-state index contributed by atoms with van der Waals surface area (Å²) < 4.78 is 41.4. The van der Waals surface area contributed by atoms with Crippen LogP contribution < -0.4 is 9.47 Å². The molecule has 2 saturated heterocycles. The van der Waals surface area contributed by atoms with Crippen molar-refractivity contribution in [1.29, 1.82) is 0 Å². The smallest absolute Gasteiger partial charge is 0.165 e. The standard InChI is InChI=1S/C16H21NO5S/c18-23(19)9-5-17(13-4-6-20-11-15(13)23)10-12-2-1-3-14-16(12)22-8-7-21-14/h1-3,13,15H,4-11H2. The Hall–Kier alpha value is -1.31. The fourth-order valence-electron chi connectivity index (χ4n) is 3.70. The highest BCUT2D eigenvalue weighted by Crippen LogP contribution is 2.36. The van der Waals surface area contributed by atoms with Gasteiger partial charge in [-0.05, 0) is 12.5 Å². The van der Waals surface area contributed by atoms with Crippen LogP contribution in [0.3, 0.4) is 0 Å². The number of rotatable bonds is 2. The van der Waals surface area contributed by atoms with Gasteiger partial charge in [0.2, 0.25) is 0 Å². The van der Waals surface area contributed by atoms with Crippen molar-refractivity contribution in [1.82, 2.24) is 4.90 Å². The Kier molecular flexibility index (Phi) is 3.95. The minimum atomic E-state index is -3.05. The number of hydrogen-bond acceptors (Lipinski definition) is 6. The van der Waals surface area contributed by atoms with Crippen LogP contribution in [-0.4, -0.2) is 63.3 Å². The molecule has 23 heavy (non-hydrogen) atoms. The Morgan fingerprint density at radius 2 is 2.04 bits per heavy atom. The second-order valence-electron chi connectivity index (χ2n) is 6.25. The van der Waals surface area contributed by atoms with Crippen molar-refractivity contribution in [3.63, 3.8) is 0 Å². The number of nitrogens with zero attached hydrogens (tertiary/aromatic N) is 1. The largest absolute Gasteiger partial charge is 0.486 e. The van der Waals surface area contributed by atoms with Crippen molar-refractivity contribution in [3.05, 3.63) is 23.8 Å². The Bertz CT molecular complexity index is 690. The molecule has 2 unspecified atom stereocenters. The Labute approximate surface area is 136 Å². The summed E-state index contributed by atoms with van der Waals surface area (Å²) in [5.41, 5.74) is 1.06. The van der Waals surface area contributed by atoms with E-state index in [9.17, 15) is 8.42 Å². The lowest BCUT2D eigenvalue weighted by Gasteiger charge is -2.43. The maximum absolute atomic E-state index is 12.3. The number of fused-ring (bicyclic) bond motifs is 2. The van der Waals surface area contributed by atoms with E-state index in [4.69, 9.17) is 14.2 Å². The summed E-state index contributed by atoms with van der Waals surface area (Å²) >= 11 is 0. The average molecular weight is 339 g/mol. The van der Waals surface area contributed by atoms with Crippen molar-refractivity contribution >= 4 is 9.84 Å². The molecule has 1 aromatic carbocycles. The van der Waals surface area contributed by atoms with Crippen molar-refractivity contribution < 1.29 is 22.6 Å². The van der Waals surface area contributed by atoms with Crippen LogP contribution in [0.1, 0.15) is 12.0 Å². The van der Waals surface area contributed by atoms with Crippen molar-refractivity contribution in [2.24, 2.45) is 0 Å². The first kappa shape index (κ1) is 15.2. The first-order valence-electron chi connectivity index (χ1n) is 8.06. The van der Waals surface area contributed by atoms with Gasteiger partial charge < -0.3 is 14.2 Å². The molecular formula is C16H21NO5S. The van der Waals surface area contributed by atoms with E-state index in [1.54, 1.807) is 0 Å². The van der Waals surface area contributed by atoms with E-state index >= 15 is 0 Å². The fourth-order valence-corrected chi connectivity index (χ4v) is 5.58. The molecule has 7 heteroatoms. The van der Waals surface area contributed by atoms with E-state index in [0.717, 1.165) is 23.5 Å². The van der Waals surface area contributed by atoms with E-state index in [1.807, 2.05) is 18.2 Å². The monoisotopic (exact) mass is 339 g/mol. The van der Waals surface area contributed by atoms with E-state index in [0.29, 0.717) is 39.5 Å². The highest BCUT2D eigenvalue weighted by molar-refractivity contribution is 7.92. The molecule has 0 aromatic heterocycles. The van der Waals surface area contributed by atoms with Crippen LogP contribution in [0.4, 0.5) is 0 Å². The van der Waals surface area contributed by atoms with E-state index in [2.05, 4.69) is 4.90 Å². The van der Waals surface area contributed by atoms with Crippen LogP contribution >= 0.6 is 0 Å². The highest BCUT2D eigenvalue weighted by Gasteiger charge is 2.43. The van der Waals surface area contributed by atoms with E-state index < -0.39 is 15.1 Å². The number of ether oxygens (including phenoxy) is 3. The fraction of sp³-hybridized carbons (Fsp3) is 0.625. The molecule has 0 saturated carbocycles. The van der Waals surface area contributed by atoms with Gasteiger partial charge in [0.05, 0.1) is 12.4 Å². The first-order chi connectivity index (χ1) is 11.1. The van der Waals surface area contributed by atoms with Gasteiger partial charge in [-0.25, -0.2) is 8.42 Å². The first-order valence-corrected chi connectivity index (χ1v) is 9.77. The lowest BCUT2D eigenvalue weighted by Crippen LogP contribution is -2.58. The molecule has 0 bridgehead atoms. The van der Waals surface area contributed by atoms with Crippen LogP contribution in [-0.2, 0) is 21.1 Å². The summed E-state index contributed by atoms with van der Waals surface area (Å²) in [5.74, 6) is 1.78. The number of para-hydroxylation sites is 1. The van der Waals surface area contributed by atoms with Crippen molar-refractivity contribution in [2.45, 2.75) is 24.3 Å². The summed E-state index contributed by atoms with van der Waals surface area (Å²) in [6, 6.07) is 5.94. The topological polar surface area (TPSA) is 65.1 Å². The summed E-state index contributed by atoms with van der Waals surface area (Å²) in [4.78, 5) is 2.27. The summed E-state index contributed by atoms with van der Waals surface area (Å²) in [6.45, 7) is 3.31. The molecular weight excluding hydrogens is 318 g/mol. The van der Waals surface area contributed by atoms with E-state index in [1.165, 1.54) is 0 Å². The van der Waals surface area contributed by atoms with Crippen molar-refractivity contribution in [2.75, 3.05) is 38.7 Å². The van der Waals surface area contributed by atoms with Gasteiger partial charge in [-0.3, -0.25) is 4.90 Å². The van der Waals surface area contributed by atoms with Crippen molar-refractivity contribution in [3.8, 4) is 11.5 Å². The molecule has 0 radical (unpaired) electrons. The van der Waals surface area contributed by atoms with Crippen LogP contribution in [0.25, 0.3) is 0 Å². The Morgan fingerprint density at radius 3 is 2.96 bits per heavy atom. The number of sulfone groups is 1. The normalized spacial score (nSPS) is 29.7. The molecule has 4 rings (SSSR count). The molecule has 2 fully saturated rings. The molecule has 3 aliphatic rings. The molecule has 2 atom stereocenters. The Morgan fingerprint density at radius 1 is 1.17 bits per heavy atom. The summed E-state index contributed by atoms with van der Waals surface area (Å²) in [5, 5.41) is -0.401. The number of benzene rings is 1. The second kappa shape index (κ2) is 5.96. The molecule has 0 aliphatic carbocycles. The molecule has 3 heterocycles. The molecule has 0 N–H and O–H groups in total. The SMILES string of the molecule is O=S1(=O)CCN(Cc2cccc3c2OCCO3)C2CCOCC21. The van der Waals surface area contributed by atoms with Crippen LogP contribution in [0.15, 0.2) is 18.2 Å². The maximum Gasteiger partial charge on any atom is 0.165 e. The zero-order valence-electron chi connectivity index (χ0n) is 12.9. The van der Waals surface area contributed by atoms with Gasteiger partial charge in [-0.2, -0.15) is 0 Å². The summed E-state index contributed by atoms with van der Waals surface area (Å²) in [6.07, 6.45) is 0.760. The third kappa shape index (κ3) is 2.81. The third-order valence-electron chi connectivity index (χ3n) is 4.88.